The van der Waals surface area contributed by atoms with Crippen molar-refractivity contribution in [3.8, 4) is 5.69 Å². The molecule has 2 nitrogen and oxygen atoms in total. The van der Waals surface area contributed by atoms with Crippen LogP contribution in [0.1, 0.15) is 0 Å². The van der Waals surface area contributed by atoms with E-state index in [9.17, 15) is 0 Å². The van der Waals surface area contributed by atoms with Crippen molar-refractivity contribution < 1.29 is 18.9 Å². The molecule has 0 amide bonds. The van der Waals surface area contributed by atoms with Gasteiger partial charge in [-0.2, -0.15) is 0 Å². The van der Waals surface area contributed by atoms with Gasteiger partial charge in [-0.25, -0.2) is 0 Å². The first-order valence-corrected chi connectivity index (χ1v) is 4.80. The molecule has 0 saturated heterocycles. The number of rotatable bonds is 1. The monoisotopic (exact) mass is 336 g/mol. The summed E-state index contributed by atoms with van der Waals surface area (Å²) in [5.74, 6) is 0. The molecule has 0 bridgehead atoms. The summed E-state index contributed by atoms with van der Waals surface area (Å²) in [5, 5.41) is 4.30. The minimum absolute atomic E-state index is 1.04. The molecule has 1 aromatic heterocycles. The van der Waals surface area contributed by atoms with E-state index >= 15 is 0 Å². The molecule has 12 heavy (non-hydrogen) atoms. The van der Waals surface area contributed by atoms with Gasteiger partial charge >= 0.3 is 81.2 Å². The fourth-order valence-corrected chi connectivity index (χ4v) is 1.45. The summed E-state index contributed by atoms with van der Waals surface area (Å²) in [6.45, 7) is 0. The molecule has 0 saturated carbocycles. The van der Waals surface area contributed by atoms with Crippen LogP contribution in [0.25, 0.3) is 5.69 Å². The van der Waals surface area contributed by atoms with Crippen LogP contribution >= 0.6 is 0 Å². The normalized spacial score (nSPS) is 10.2. The third kappa shape index (κ3) is 1.47. The van der Waals surface area contributed by atoms with Gasteiger partial charge in [0.05, 0.1) is 0 Å². The Kier molecular flexibility index (Phi) is 2.07. The molecule has 0 unspecified atom stereocenters. The van der Waals surface area contributed by atoms with E-state index in [2.05, 4.69) is 5.10 Å². The Morgan fingerprint density at radius 1 is 1.08 bits per heavy atom. The predicted octanol–water partition coefficient (Wildman–Crippen LogP) is 1.04. The Labute approximate surface area is 81.4 Å². The molecule has 0 N–H and O–H groups in total. The third-order valence-electron chi connectivity index (χ3n) is 1.57. The third-order valence-corrected chi connectivity index (χ3v) is 2.20. The van der Waals surface area contributed by atoms with Crippen LogP contribution in [0.15, 0.2) is 42.6 Å². The number of nitrogens with zero attached hydrogens (tertiary/aromatic N) is 2. The van der Waals surface area contributed by atoms with E-state index in [4.69, 9.17) is 0 Å². The maximum atomic E-state index is 4.30. The zero-order valence-electron chi connectivity index (χ0n) is 6.27. The van der Waals surface area contributed by atoms with Crippen LogP contribution in [0.4, 0.5) is 0 Å². The van der Waals surface area contributed by atoms with Crippen LogP contribution in [0.2, 0.25) is 0 Å². The second kappa shape index (κ2) is 3.21. The number of para-hydroxylation sites is 1. The SMILES string of the molecule is [Ir][c]1ccn(-c2ccccc2)n1. The van der Waals surface area contributed by atoms with Crippen LogP contribution in [0, 0.1) is 0 Å². The molecule has 1 heterocycles. The zero-order chi connectivity index (χ0) is 8.39. The van der Waals surface area contributed by atoms with Gasteiger partial charge in [-0.1, -0.05) is 0 Å². The molecular weight excluding hydrogens is 328 g/mol. The van der Waals surface area contributed by atoms with Gasteiger partial charge in [0.2, 0.25) is 0 Å². The van der Waals surface area contributed by atoms with Crippen molar-refractivity contribution in [2.75, 3.05) is 0 Å². The van der Waals surface area contributed by atoms with Crippen molar-refractivity contribution in [2.24, 2.45) is 0 Å². The Morgan fingerprint density at radius 3 is 2.42 bits per heavy atom. The molecule has 1 aromatic carbocycles. The number of hydrogen-bond donors (Lipinski definition) is 0. The molecule has 0 aliphatic carbocycles. The fraction of sp³-hybridized carbons (Fsp3) is 0. The molecule has 0 aliphatic heterocycles. The predicted molar refractivity (Wildman–Crippen MR) is 43.2 cm³/mol. The van der Waals surface area contributed by atoms with E-state index in [0.29, 0.717) is 0 Å². The van der Waals surface area contributed by atoms with Gasteiger partial charge in [0.25, 0.3) is 0 Å². The van der Waals surface area contributed by atoms with Crippen LogP contribution in [0.3, 0.4) is 0 Å². The Bertz CT molecular complexity index is 367. The molecule has 0 atom stereocenters. The van der Waals surface area contributed by atoms with Crippen LogP contribution in [-0.2, 0) is 18.9 Å². The van der Waals surface area contributed by atoms with Crippen molar-refractivity contribution >= 4 is 4.21 Å². The summed E-state index contributed by atoms with van der Waals surface area (Å²) < 4.78 is 2.91. The van der Waals surface area contributed by atoms with Crippen molar-refractivity contribution in [3.05, 3.63) is 42.6 Å². The second-order valence-electron chi connectivity index (χ2n) is 2.40. The van der Waals surface area contributed by atoms with Crippen molar-refractivity contribution in [2.45, 2.75) is 0 Å². The Morgan fingerprint density at radius 2 is 1.83 bits per heavy atom. The fourth-order valence-electron chi connectivity index (χ4n) is 1.02. The molecule has 62 valence electrons. The standard InChI is InChI=1S/C9H7N2.Ir/c1-2-5-9(6-3-1)11-8-4-7-10-11;/h1-6,8H;. The first-order chi connectivity index (χ1) is 5.86. The molecule has 0 radical (unpaired) electrons. The molecular formula is C9H7IrN2. The molecule has 0 spiro atoms. The summed E-state index contributed by atoms with van der Waals surface area (Å²) in [4.78, 5) is 0. The van der Waals surface area contributed by atoms with Gasteiger partial charge in [-0.05, 0) is 0 Å². The number of hydrogen-bond acceptors (Lipinski definition) is 1. The summed E-state index contributed by atoms with van der Waals surface area (Å²) in [6.07, 6.45) is 1.96. The van der Waals surface area contributed by atoms with E-state index in [1.165, 1.54) is 0 Å². The molecule has 3 heteroatoms. The summed E-state index contributed by atoms with van der Waals surface area (Å²) >= 11 is 1.99. The average molecular weight is 335 g/mol. The van der Waals surface area contributed by atoms with E-state index in [0.717, 1.165) is 9.90 Å². The van der Waals surface area contributed by atoms with Crippen LogP contribution in [-0.4, -0.2) is 9.78 Å². The second-order valence-corrected chi connectivity index (χ2v) is 3.62. The van der Waals surface area contributed by atoms with Gasteiger partial charge in [0.1, 0.15) is 0 Å². The van der Waals surface area contributed by atoms with Crippen molar-refractivity contribution in [1.29, 1.82) is 0 Å². The van der Waals surface area contributed by atoms with E-state index < -0.39 is 0 Å². The quantitative estimate of drug-likeness (QED) is 0.762. The zero-order valence-corrected chi connectivity index (χ0v) is 8.66. The van der Waals surface area contributed by atoms with E-state index in [1.807, 2.05) is 66.2 Å². The van der Waals surface area contributed by atoms with E-state index in [-0.39, 0.29) is 0 Å². The first kappa shape index (κ1) is 7.71. The van der Waals surface area contributed by atoms with Crippen LogP contribution < -0.4 is 4.21 Å². The Balaban J connectivity index is 2.45. The summed E-state index contributed by atoms with van der Waals surface area (Å²) in [6, 6.07) is 12.1. The average Bonchev–Trinajstić information content (AvgIpc) is 2.54. The topological polar surface area (TPSA) is 17.8 Å². The summed E-state index contributed by atoms with van der Waals surface area (Å²) in [5.41, 5.74) is 1.10. The van der Waals surface area contributed by atoms with E-state index in [1.54, 1.807) is 0 Å². The van der Waals surface area contributed by atoms with Gasteiger partial charge < -0.3 is 0 Å². The van der Waals surface area contributed by atoms with Gasteiger partial charge in [0, 0.05) is 0 Å². The molecule has 0 aliphatic rings. The van der Waals surface area contributed by atoms with Crippen molar-refractivity contribution in [3.63, 3.8) is 0 Å². The van der Waals surface area contributed by atoms with Crippen molar-refractivity contribution in [1.82, 2.24) is 9.78 Å². The first-order valence-electron chi connectivity index (χ1n) is 3.60. The molecule has 2 rings (SSSR count). The van der Waals surface area contributed by atoms with Gasteiger partial charge in [-0.3, -0.25) is 0 Å². The number of aromatic nitrogens is 2. The van der Waals surface area contributed by atoms with Gasteiger partial charge in [-0.15, -0.1) is 0 Å². The number of benzene rings is 1. The minimum atomic E-state index is 1.04. The molecule has 0 fully saturated rings. The van der Waals surface area contributed by atoms with Crippen LogP contribution in [0.5, 0.6) is 0 Å². The maximum absolute atomic E-state index is 4.30. The molecule has 2 aromatic rings. The Hall–Kier alpha value is -0.921. The van der Waals surface area contributed by atoms with Gasteiger partial charge in [0.15, 0.2) is 0 Å². The summed E-state index contributed by atoms with van der Waals surface area (Å²) in [7, 11) is 0.